The summed E-state index contributed by atoms with van der Waals surface area (Å²) in [7, 11) is 0. The van der Waals surface area contributed by atoms with Crippen molar-refractivity contribution in [3.05, 3.63) is 459 Å². The molecule has 0 aliphatic rings. The first kappa shape index (κ1) is 100. The number of hydrogen-bond acceptors (Lipinski definition) is 2. The maximum atomic E-state index is 7.27. The zero-order chi connectivity index (χ0) is 100. The van der Waals surface area contributed by atoms with Gasteiger partial charge < -0.3 is 8.83 Å². The highest BCUT2D eigenvalue weighted by Crippen LogP contribution is 2.47. The van der Waals surface area contributed by atoms with Gasteiger partial charge in [0.1, 0.15) is 22.3 Å². The fraction of sp³-hybridized carbons (Fsp3) is 0.219. The van der Waals surface area contributed by atoms with Gasteiger partial charge in [0.25, 0.3) is 0 Å². The summed E-state index contributed by atoms with van der Waals surface area (Å²) in [5.74, 6) is 0. The predicted octanol–water partition coefficient (Wildman–Crippen LogP) is 43.8. The zero-order valence-corrected chi connectivity index (χ0v) is 87.2. The molecule has 0 radical (unpaired) electrons. The predicted molar refractivity (Wildman–Crippen MR) is 637 cm³/mol. The first-order valence-corrected chi connectivity index (χ1v) is 55.6. The molecule has 0 bridgehead atoms. The van der Waals surface area contributed by atoms with Crippen LogP contribution in [-0.4, -0.2) is 0 Å². The summed E-state index contributed by atoms with van der Waals surface area (Å²) in [6.07, 6.45) is 35.8. The van der Waals surface area contributed by atoms with Crippen LogP contribution in [0.15, 0.2) is 446 Å². The Labute approximate surface area is 879 Å². The molecule has 0 aliphatic carbocycles. The zero-order valence-electron chi connectivity index (χ0n) is 87.2. The van der Waals surface area contributed by atoms with Gasteiger partial charge in [-0.15, -0.1) is 0 Å². The quantitative estimate of drug-likeness (QED) is 0.0356. The molecule has 148 heavy (non-hydrogen) atoms. The maximum absolute atomic E-state index is 7.27. The number of rotatable bonds is 43. The van der Waals surface area contributed by atoms with Crippen LogP contribution < -0.4 is 0 Å². The normalized spacial score (nSPS) is 11.5. The molecule has 21 aromatic rings. The number of fused-ring (bicyclic) bond motifs is 6. The Kier molecular flexibility index (Phi) is 33.7. The van der Waals surface area contributed by atoms with Crippen LogP contribution in [0.4, 0.5) is 0 Å². The largest absolute Gasteiger partial charge is 0.455 e. The molecule has 2 heterocycles. The van der Waals surface area contributed by atoms with Gasteiger partial charge in [-0.05, 0) is 285 Å². The van der Waals surface area contributed by atoms with Crippen molar-refractivity contribution in [3.8, 4) is 167 Å². The second kappa shape index (κ2) is 49.8. The van der Waals surface area contributed by atoms with E-state index in [1.807, 2.05) is 0 Å². The lowest BCUT2D eigenvalue weighted by Gasteiger charge is -2.11. The van der Waals surface area contributed by atoms with E-state index in [9.17, 15) is 0 Å². The fourth-order valence-electron chi connectivity index (χ4n) is 22.0. The van der Waals surface area contributed by atoms with Crippen molar-refractivity contribution in [2.75, 3.05) is 0 Å². The average Bonchev–Trinajstić information content (AvgIpc) is 1.58. The molecule has 21 rings (SSSR count). The highest BCUT2D eigenvalue weighted by atomic mass is 16.3. The van der Waals surface area contributed by atoms with Gasteiger partial charge in [0.2, 0.25) is 0 Å². The van der Waals surface area contributed by atoms with Crippen LogP contribution in [0.3, 0.4) is 0 Å². The molecular formula is C146H140O2. The van der Waals surface area contributed by atoms with Crippen molar-refractivity contribution in [3.63, 3.8) is 0 Å². The Morgan fingerprint density at radius 2 is 0.304 bits per heavy atom. The summed E-state index contributed by atoms with van der Waals surface area (Å²) >= 11 is 0. The molecule has 0 saturated heterocycles. The van der Waals surface area contributed by atoms with Gasteiger partial charge in [-0.1, -0.05) is 526 Å². The van der Waals surface area contributed by atoms with E-state index in [2.05, 4.69) is 464 Å². The molecule has 0 fully saturated rings. The van der Waals surface area contributed by atoms with E-state index < -0.39 is 0 Å². The van der Waals surface area contributed by atoms with Crippen LogP contribution in [0.2, 0.25) is 0 Å². The minimum Gasteiger partial charge on any atom is -0.455 e. The van der Waals surface area contributed by atoms with E-state index >= 15 is 0 Å². The first-order valence-electron chi connectivity index (χ1n) is 55.6. The molecule has 19 aromatic carbocycles. The molecule has 2 nitrogen and oxygen atoms in total. The summed E-state index contributed by atoms with van der Waals surface area (Å²) in [4.78, 5) is 0. The van der Waals surface area contributed by atoms with Gasteiger partial charge in [0, 0.05) is 43.8 Å². The molecule has 736 valence electrons. The van der Waals surface area contributed by atoms with Crippen LogP contribution in [0.5, 0.6) is 0 Å². The molecule has 0 unspecified atom stereocenters. The lowest BCUT2D eigenvalue weighted by Crippen LogP contribution is -1.90. The topological polar surface area (TPSA) is 26.3 Å². The highest BCUT2D eigenvalue weighted by molar-refractivity contribution is 6.15. The number of aryl methyl sites for hydroxylation is 4. The van der Waals surface area contributed by atoms with Crippen molar-refractivity contribution in [2.24, 2.45) is 0 Å². The number of hydrogen-bond donors (Lipinski definition) is 0. The van der Waals surface area contributed by atoms with Gasteiger partial charge in [0.05, 0.1) is 0 Å². The van der Waals surface area contributed by atoms with Crippen LogP contribution in [0, 0.1) is 0 Å². The third kappa shape index (κ3) is 24.7. The molecule has 0 spiro atoms. The number of furan rings is 2. The standard InChI is InChI=1S/C76H72O.C70H68O/c1-3-5-7-9-11-13-21-55-35-39-57(40-36-55)63-23-15-27-67(51-63)69-29-17-25-65(53-69)59-43-47-61(48-44-59)71-31-19-33-73-74-34-20-32-72(76(74)77-75(71)73)62-49-45-60(46-50-62)66-26-18-30-70(54-66)68-28-16-24-64(52-68)58-41-37-56(38-42-58)22-14-12-10-8-6-4-2;1-3-5-7-9-11-15-24-51-44-65(57-40-36-55(37-41-57)61-32-21-30-59(48-61)53-26-17-13-18-27-53)69-67(46-51)68-47-52(25-16-12-10-8-6-4-2)45-66(70(68)71-69)58-42-38-56(39-43-58)62-33-23-35-64(50-62)63-34-22-31-60(49-63)54-28-19-14-20-29-54/h15-20,23-54H,3-14,21-22H2,1-2H3;13-14,17-23,26-50H,3-12,15-16,24-25H2,1-2H3. The minimum atomic E-state index is 0.912. The molecule has 0 amide bonds. The Balaban J connectivity index is 0.000000180. The van der Waals surface area contributed by atoms with E-state index in [0.29, 0.717) is 0 Å². The highest BCUT2D eigenvalue weighted by Gasteiger charge is 2.23. The molecule has 0 aliphatic heterocycles. The van der Waals surface area contributed by atoms with E-state index in [0.717, 1.165) is 81.0 Å². The molecule has 0 saturated carbocycles. The summed E-state index contributed by atoms with van der Waals surface area (Å²) in [5, 5.41) is 4.71. The average molecular weight is 1930 g/mol. The lowest BCUT2D eigenvalue weighted by atomic mass is 9.92. The van der Waals surface area contributed by atoms with Gasteiger partial charge in [0.15, 0.2) is 0 Å². The van der Waals surface area contributed by atoms with Crippen molar-refractivity contribution in [1.29, 1.82) is 0 Å². The Morgan fingerprint density at radius 1 is 0.122 bits per heavy atom. The van der Waals surface area contributed by atoms with Crippen molar-refractivity contribution in [1.82, 2.24) is 0 Å². The van der Waals surface area contributed by atoms with Crippen LogP contribution in [0.25, 0.3) is 211 Å². The molecular weight excluding hydrogens is 1790 g/mol. The molecule has 0 N–H and O–H groups in total. The van der Waals surface area contributed by atoms with Crippen LogP contribution in [0.1, 0.15) is 204 Å². The number of benzene rings is 19. The van der Waals surface area contributed by atoms with Crippen molar-refractivity contribution >= 4 is 43.9 Å². The summed E-state index contributed by atoms with van der Waals surface area (Å²) in [6.45, 7) is 9.16. The second-order valence-corrected chi connectivity index (χ2v) is 41.2. The summed E-state index contributed by atoms with van der Waals surface area (Å²) < 4.78 is 14.2. The van der Waals surface area contributed by atoms with E-state index in [1.54, 1.807) is 0 Å². The summed E-state index contributed by atoms with van der Waals surface area (Å²) in [5.41, 5.74) is 45.5. The molecule has 2 aromatic heterocycles. The Bertz CT molecular complexity index is 7680. The smallest absolute Gasteiger partial charge is 0.143 e. The Morgan fingerprint density at radius 3 is 0.554 bits per heavy atom. The monoisotopic (exact) mass is 1930 g/mol. The van der Waals surface area contributed by atoms with Crippen LogP contribution >= 0.6 is 0 Å². The Hall–Kier alpha value is -15.2. The van der Waals surface area contributed by atoms with Gasteiger partial charge in [-0.25, -0.2) is 0 Å². The molecule has 2 heteroatoms. The third-order valence-electron chi connectivity index (χ3n) is 30.5. The number of unbranched alkanes of at least 4 members (excludes halogenated alkanes) is 20. The molecule has 0 atom stereocenters. The van der Waals surface area contributed by atoms with E-state index in [1.165, 1.54) is 332 Å². The van der Waals surface area contributed by atoms with Crippen LogP contribution in [-0.2, 0) is 25.7 Å². The fourth-order valence-corrected chi connectivity index (χ4v) is 22.0. The lowest BCUT2D eigenvalue weighted by molar-refractivity contribution is 0.607. The first-order chi connectivity index (χ1) is 73.2. The van der Waals surface area contributed by atoms with Crippen molar-refractivity contribution in [2.45, 2.75) is 207 Å². The van der Waals surface area contributed by atoms with E-state index in [-0.39, 0.29) is 0 Å². The van der Waals surface area contributed by atoms with Crippen molar-refractivity contribution < 1.29 is 8.83 Å². The second-order valence-electron chi connectivity index (χ2n) is 41.2. The summed E-state index contributed by atoms with van der Waals surface area (Å²) in [6, 6.07) is 162. The number of para-hydroxylation sites is 2. The SMILES string of the molecule is CCCCCCCCc1cc(-c2ccc(-c3cccc(-c4ccccc4)c3)cc2)c2oc3c(-c4ccc(-c5cccc(-c6cccc(-c7ccccc7)c6)c5)cc4)cc(CCCCCCCC)cc3c2c1.CCCCCCCCc1ccc(-c2cccc(-c3cccc(-c4ccc(-c5cccc6c5oc5c(-c7ccc(-c8cccc(-c9cccc(-c%10ccc(CCCCCCCC)cc%10)c9)c8)cc7)cccc56)cc4)c3)c2)cc1. The van der Waals surface area contributed by atoms with Gasteiger partial charge >= 0.3 is 0 Å². The minimum absolute atomic E-state index is 0.912. The van der Waals surface area contributed by atoms with Gasteiger partial charge in [-0.2, -0.15) is 0 Å². The maximum Gasteiger partial charge on any atom is 0.143 e. The van der Waals surface area contributed by atoms with Gasteiger partial charge in [-0.3, -0.25) is 0 Å². The van der Waals surface area contributed by atoms with E-state index in [4.69, 9.17) is 8.83 Å². The third-order valence-corrected chi connectivity index (χ3v) is 30.5.